The molecule has 1 saturated heterocycles. The van der Waals surface area contributed by atoms with Crippen molar-refractivity contribution in [3.05, 3.63) is 54.2 Å². The Hall–Kier alpha value is -3.28. The molecule has 2 heterocycles. The molecule has 210 valence electrons. The molecular weight excluding hydrogens is 499 g/mol. The minimum Gasteiger partial charge on any atom is -0.507 e. The molecule has 10 nitrogen and oxygen atoms in total. The number of aliphatic hydroxyl groups is 1. The van der Waals surface area contributed by atoms with Gasteiger partial charge in [0, 0.05) is 18.2 Å². The SMILES string of the molecule is CC(C)C[C@H](NC(=O)[C@@H](NC(=O)c1cccc(-c2ccccc2)n1)[C@@H](C)O)B1OC[C@@H](C)N(C)[C@@H](C)C(=O)O1. The number of hydrogen-bond acceptors (Lipinski definition) is 8. The molecule has 1 aliphatic rings. The molecule has 39 heavy (non-hydrogen) atoms. The van der Waals surface area contributed by atoms with E-state index in [1.807, 2.05) is 63.1 Å². The third-order valence-corrected chi connectivity index (χ3v) is 6.87. The molecule has 0 bridgehead atoms. The Morgan fingerprint density at radius 2 is 1.79 bits per heavy atom. The smallest absolute Gasteiger partial charge is 0.507 e. The van der Waals surface area contributed by atoms with E-state index in [0.717, 1.165) is 5.56 Å². The van der Waals surface area contributed by atoms with Gasteiger partial charge in [-0.15, -0.1) is 0 Å². The Morgan fingerprint density at radius 1 is 1.10 bits per heavy atom. The van der Waals surface area contributed by atoms with Gasteiger partial charge < -0.3 is 25.0 Å². The van der Waals surface area contributed by atoms with Gasteiger partial charge in [0.25, 0.3) is 5.91 Å². The Balaban J connectivity index is 1.76. The number of nitrogens with one attached hydrogen (secondary N) is 2. The molecule has 1 aromatic carbocycles. The number of aromatic nitrogens is 1. The van der Waals surface area contributed by atoms with Crippen molar-refractivity contribution >= 4 is 24.9 Å². The summed E-state index contributed by atoms with van der Waals surface area (Å²) in [5.74, 6) is -2.24. The van der Waals surface area contributed by atoms with Gasteiger partial charge in [-0.3, -0.25) is 19.3 Å². The Labute approximate surface area is 230 Å². The maximum absolute atomic E-state index is 13.4. The van der Waals surface area contributed by atoms with Crippen molar-refractivity contribution in [2.75, 3.05) is 13.7 Å². The van der Waals surface area contributed by atoms with E-state index in [-0.39, 0.29) is 17.7 Å². The lowest BCUT2D eigenvalue weighted by molar-refractivity contribution is -0.144. The van der Waals surface area contributed by atoms with Crippen LogP contribution in [-0.4, -0.2) is 83.7 Å². The first-order valence-electron chi connectivity index (χ1n) is 13.3. The van der Waals surface area contributed by atoms with Crippen LogP contribution in [0.3, 0.4) is 0 Å². The molecule has 3 N–H and O–H groups in total. The van der Waals surface area contributed by atoms with Crippen LogP contribution in [0.5, 0.6) is 0 Å². The fourth-order valence-electron chi connectivity index (χ4n) is 4.31. The lowest BCUT2D eigenvalue weighted by Crippen LogP contribution is -2.60. The lowest BCUT2D eigenvalue weighted by Gasteiger charge is -2.36. The topological polar surface area (TPSA) is 130 Å². The van der Waals surface area contributed by atoms with E-state index in [4.69, 9.17) is 9.31 Å². The molecule has 0 saturated carbocycles. The second-order valence-corrected chi connectivity index (χ2v) is 10.5. The number of likely N-dealkylation sites (N-methyl/N-ethyl adjacent to an activating group) is 1. The van der Waals surface area contributed by atoms with Crippen LogP contribution >= 0.6 is 0 Å². The largest absolute Gasteiger partial charge is 0.551 e. The first-order valence-corrected chi connectivity index (χ1v) is 13.3. The second kappa shape index (κ2) is 13.7. The average Bonchev–Trinajstić information content (AvgIpc) is 2.91. The molecule has 5 atom stereocenters. The number of pyridine rings is 1. The number of amides is 2. The second-order valence-electron chi connectivity index (χ2n) is 10.5. The van der Waals surface area contributed by atoms with Crippen LogP contribution in [0.4, 0.5) is 0 Å². The Kier molecular flexibility index (Phi) is 10.6. The molecule has 2 aromatic rings. The monoisotopic (exact) mass is 538 g/mol. The molecule has 3 rings (SSSR count). The summed E-state index contributed by atoms with van der Waals surface area (Å²) in [5, 5.41) is 15.9. The van der Waals surface area contributed by atoms with Crippen LogP contribution in [0, 0.1) is 5.92 Å². The fourth-order valence-corrected chi connectivity index (χ4v) is 4.31. The van der Waals surface area contributed by atoms with E-state index in [1.54, 1.807) is 25.1 Å². The summed E-state index contributed by atoms with van der Waals surface area (Å²) >= 11 is 0. The third-order valence-electron chi connectivity index (χ3n) is 6.87. The average molecular weight is 538 g/mol. The van der Waals surface area contributed by atoms with Gasteiger partial charge in [0.1, 0.15) is 17.8 Å². The zero-order valence-corrected chi connectivity index (χ0v) is 23.5. The van der Waals surface area contributed by atoms with Gasteiger partial charge in [-0.25, -0.2) is 4.98 Å². The molecule has 0 spiro atoms. The Bertz CT molecular complexity index is 1130. The van der Waals surface area contributed by atoms with Crippen LogP contribution in [0.1, 0.15) is 51.5 Å². The van der Waals surface area contributed by atoms with Crippen LogP contribution < -0.4 is 10.6 Å². The minimum atomic E-state index is -1.28. The highest BCUT2D eigenvalue weighted by Crippen LogP contribution is 2.18. The van der Waals surface area contributed by atoms with Crippen LogP contribution in [0.25, 0.3) is 11.3 Å². The summed E-state index contributed by atoms with van der Waals surface area (Å²) in [6.45, 7) is 9.37. The number of nitrogens with zero attached hydrogens (tertiary/aromatic N) is 2. The van der Waals surface area contributed by atoms with Gasteiger partial charge in [0.15, 0.2) is 0 Å². The quantitative estimate of drug-likeness (QED) is 0.414. The van der Waals surface area contributed by atoms with Gasteiger partial charge >= 0.3 is 13.1 Å². The molecule has 0 unspecified atom stereocenters. The third kappa shape index (κ3) is 8.11. The van der Waals surface area contributed by atoms with E-state index < -0.39 is 49.0 Å². The van der Waals surface area contributed by atoms with Gasteiger partial charge in [0.2, 0.25) is 5.91 Å². The number of carbonyl (C=O) groups is 3. The van der Waals surface area contributed by atoms with E-state index in [2.05, 4.69) is 15.6 Å². The van der Waals surface area contributed by atoms with Gasteiger partial charge in [-0.05, 0) is 52.3 Å². The summed E-state index contributed by atoms with van der Waals surface area (Å²) in [6, 6.07) is 12.6. The van der Waals surface area contributed by atoms with E-state index >= 15 is 0 Å². The maximum atomic E-state index is 13.4. The van der Waals surface area contributed by atoms with Crippen molar-refractivity contribution in [3.8, 4) is 11.3 Å². The zero-order valence-electron chi connectivity index (χ0n) is 23.5. The molecule has 1 aromatic heterocycles. The van der Waals surface area contributed by atoms with Crippen LogP contribution in [0.2, 0.25) is 0 Å². The molecule has 11 heteroatoms. The Morgan fingerprint density at radius 3 is 2.44 bits per heavy atom. The number of rotatable bonds is 9. The summed E-state index contributed by atoms with van der Waals surface area (Å²) in [5.41, 5.74) is 1.56. The van der Waals surface area contributed by atoms with Crippen molar-refractivity contribution in [1.29, 1.82) is 0 Å². The van der Waals surface area contributed by atoms with Gasteiger partial charge in [-0.1, -0.05) is 50.2 Å². The number of aliphatic hydroxyl groups excluding tert-OH is 1. The van der Waals surface area contributed by atoms with Crippen LogP contribution in [-0.2, 0) is 18.9 Å². The molecular formula is C28H39BN4O6. The highest BCUT2D eigenvalue weighted by Gasteiger charge is 2.41. The van der Waals surface area contributed by atoms with Crippen molar-refractivity contribution < 1.29 is 28.8 Å². The first kappa shape index (κ1) is 30.3. The molecule has 1 fully saturated rings. The fraction of sp³-hybridized carbons (Fsp3) is 0.500. The molecule has 0 aliphatic carbocycles. The zero-order chi connectivity index (χ0) is 28.7. The molecule has 0 radical (unpaired) electrons. The van der Waals surface area contributed by atoms with E-state index in [1.165, 1.54) is 6.92 Å². The molecule has 2 amide bonds. The van der Waals surface area contributed by atoms with Crippen molar-refractivity contribution in [1.82, 2.24) is 20.5 Å². The van der Waals surface area contributed by atoms with E-state index in [0.29, 0.717) is 18.7 Å². The van der Waals surface area contributed by atoms with Crippen LogP contribution in [0.15, 0.2) is 48.5 Å². The lowest BCUT2D eigenvalue weighted by atomic mass is 9.73. The standard InChI is InChI=1S/C28H39BN4O6/c1-17(2)15-24(29-38-16-18(3)33(6)19(4)28(37)39-29)31-27(36)25(20(5)34)32-26(35)23-14-10-13-22(30-23)21-11-8-7-9-12-21/h7-14,17-20,24-25,34H,15-16H2,1-6H3,(H,31,36)(H,32,35)/t18-,19+,20-,24+,25+/m1/s1. The summed E-state index contributed by atoms with van der Waals surface area (Å²) < 4.78 is 11.6. The number of benzene rings is 1. The van der Waals surface area contributed by atoms with Gasteiger partial charge in [0.05, 0.1) is 17.7 Å². The predicted octanol–water partition coefficient (Wildman–Crippen LogP) is 2.07. The highest BCUT2D eigenvalue weighted by molar-refractivity contribution is 6.49. The summed E-state index contributed by atoms with van der Waals surface area (Å²) in [4.78, 5) is 45.5. The van der Waals surface area contributed by atoms with E-state index in [9.17, 15) is 19.5 Å². The van der Waals surface area contributed by atoms with Crippen molar-refractivity contribution in [3.63, 3.8) is 0 Å². The van der Waals surface area contributed by atoms with Gasteiger partial charge in [-0.2, -0.15) is 0 Å². The van der Waals surface area contributed by atoms with Crippen molar-refractivity contribution in [2.24, 2.45) is 5.92 Å². The summed E-state index contributed by atoms with van der Waals surface area (Å²) in [6.07, 6.45) is -0.760. The first-order chi connectivity index (χ1) is 18.5. The predicted molar refractivity (Wildman–Crippen MR) is 148 cm³/mol. The highest BCUT2D eigenvalue weighted by atomic mass is 16.6. The number of carbonyl (C=O) groups excluding carboxylic acids is 3. The maximum Gasteiger partial charge on any atom is 0.551 e. The molecule has 1 aliphatic heterocycles. The van der Waals surface area contributed by atoms with Crippen molar-refractivity contribution in [2.45, 2.75) is 71.2 Å². The summed E-state index contributed by atoms with van der Waals surface area (Å²) in [7, 11) is 0.811. The minimum absolute atomic E-state index is 0.0469. The number of hydrogen-bond donors (Lipinski definition) is 3. The normalized spacial score (nSPS) is 20.8.